The Balaban J connectivity index is 1.75. The third-order valence-electron chi connectivity index (χ3n) is 5.94. The number of hydrogen-bond acceptors (Lipinski definition) is 4. The summed E-state index contributed by atoms with van der Waals surface area (Å²) in [5.41, 5.74) is 3.13. The molecule has 3 rings (SSSR count). The Kier molecular flexibility index (Phi) is 7.31. The van der Waals surface area contributed by atoms with Crippen LogP contribution in [0.4, 0.5) is 0 Å². The molecule has 1 fully saturated rings. The standard InChI is InChI=1S/C23H33N3O3/c1-4-25-13-8-9-18(25)16-26(14-12-23(28)29-5-2)22(27)15-20-17(3)24-21-11-7-6-10-19(20)21/h6-7,10-11,18,24H,4-5,8-9,12-16H2,1-3H3. The summed E-state index contributed by atoms with van der Waals surface area (Å²) in [6.07, 6.45) is 2.85. The first-order valence-electron chi connectivity index (χ1n) is 10.8. The van der Waals surface area contributed by atoms with Gasteiger partial charge in [-0.2, -0.15) is 0 Å². The topological polar surface area (TPSA) is 65.6 Å². The molecule has 1 aliphatic rings. The van der Waals surface area contributed by atoms with Crippen LogP contribution in [0.25, 0.3) is 10.9 Å². The minimum absolute atomic E-state index is 0.0742. The Morgan fingerprint density at radius 2 is 2.07 bits per heavy atom. The highest BCUT2D eigenvalue weighted by Crippen LogP contribution is 2.24. The summed E-state index contributed by atoms with van der Waals surface area (Å²) < 4.78 is 5.07. The third-order valence-corrected chi connectivity index (χ3v) is 5.94. The Hall–Kier alpha value is -2.34. The van der Waals surface area contributed by atoms with Gasteiger partial charge in [0.25, 0.3) is 0 Å². The molecule has 0 aliphatic carbocycles. The summed E-state index contributed by atoms with van der Waals surface area (Å²) in [5.74, 6) is -0.169. The average Bonchev–Trinajstić information content (AvgIpc) is 3.29. The minimum Gasteiger partial charge on any atom is -0.466 e. The van der Waals surface area contributed by atoms with Gasteiger partial charge < -0.3 is 14.6 Å². The van der Waals surface area contributed by atoms with Crippen molar-refractivity contribution in [1.29, 1.82) is 0 Å². The third kappa shape index (κ3) is 5.18. The molecular formula is C23H33N3O3. The van der Waals surface area contributed by atoms with Crippen molar-refractivity contribution in [2.75, 3.05) is 32.8 Å². The van der Waals surface area contributed by atoms with Crippen LogP contribution < -0.4 is 0 Å². The second-order valence-corrected chi connectivity index (χ2v) is 7.77. The van der Waals surface area contributed by atoms with Gasteiger partial charge >= 0.3 is 5.97 Å². The van der Waals surface area contributed by atoms with Gasteiger partial charge in [0, 0.05) is 35.7 Å². The van der Waals surface area contributed by atoms with Gasteiger partial charge in [-0.15, -0.1) is 0 Å². The molecule has 1 unspecified atom stereocenters. The Bertz CT molecular complexity index is 845. The molecule has 2 aromatic rings. The normalized spacial score (nSPS) is 17.0. The van der Waals surface area contributed by atoms with E-state index in [-0.39, 0.29) is 18.3 Å². The van der Waals surface area contributed by atoms with Crippen molar-refractivity contribution in [3.63, 3.8) is 0 Å². The van der Waals surface area contributed by atoms with Crippen LogP contribution in [0.5, 0.6) is 0 Å². The number of hydrogen-bond donors (Lipinski definition) is 1. The fraction of sp³-hybridized carbons (Fsp3) is 0.565. The van der Waals surface area contributed by atoms with E-state index in [1.807, 2.05) is 30.0 Å². The molecule has 6 heteroatoms. The number of aryl methyl sites for hydroxylation is 1. The first-order valence-corrected chi connectivity index (χ1v) is 10.8. The molecule has 0 bridgehead atoms. The van der Waals surface area contributed by atoms with Crippen molar-refractivity contribution in [3.05, 3.63) is 35.5 Å². The van der Waals surface area contributed by atoms with E-state index in [0.29, 0.717) is 32.2 Å². The molecule has 1 atom stereocenters. The van der Waals surface area contributed by atoms with Gasteiger partial charge in [0.15, 0.2) is 0 Å². The highest BCUT2D eigenvalue weighted by atomic mass is 16.5. The first-order chi connectivity index (χ1) is 14.0. The summed E-state index contributed by atoms with van der Waals surface area (Å²) in [6.45, 7) is 9.51. The average molecular weight is 400 g/mol. The SMILES string of the molecule is CCOC(=O)CCN(CC1CCCN1CC)C(=O)Cc1c(C)[nH]c2ccccc12. The number of benzene rings is 1. The van der Waals surface area contributed by atoms with Crippen molar-refractivity contribution in [1.82, 2.24) is 14.8 Å². The lowest BCUT2D eigenvalue weighted by Gasteiger charge is -2.30. The van der Waals surface area contributed by atoms with E-state index in [1.54, 1.807) is 6.92 Å². The molecule has 0 radical (unpaired) electrons. The van der Waals surface area contributed by atoms with Crippen LogP contribution in [0.15, 0.2) is 24.3 Å². The molecule has 6 nitrogen and oxygen atoms in total. The largest absolute Gasteiger partial charge is 0.466 e. The number of likely N-dealkylation sites (tertiary alicyclic amines) is 1. The van der Waals surface area contributed by atoms with Gasteiger partial charge in [-0.05, 0) is 51.4 Å². The number of carbonyl (C=O) groups is 2. The number of aromatic nitrogens is 1. The van der Waals surface area contributed by atoms with E-state index in [0.717, 1.165) is 41.7 Å². The number of H-pyrrole nitrogens is 1. The van der Waals surface area contributed by atoms with Gasteiger partial charge in [0.1, 0.15) is 0 Å². The molecule has 1 aliphatic heterocycles. The smallest absolute Gasteiger partial charge is 0.307 e. The monoisotopic (exact) mass is 399 g/mol. The van der Waals surface area contributed by atoms with Crippen LogP contribution in [-0.4, -0.2) is 65.5 Å². The minimum atomic E-state index is -0.243. The number of rotatable bonds is 9. The van der Waals surface area contributed by atoms with Crippen molar-refractivity contribution in [2.45, 2.75) is 52.5 Å². The molecule has 0 saturated carbocycles. The van der Waals surface area contributed by atoms with E-state index in [1.165, 1.54) is 6.42 Å². The number of carbonyl (C=O) groups excluding carboxylic acids is 2. The van der Waals surface area contributed by atoms with E-state index in [2.05, 4.69) is 22.9 Å². The van der Waals surface area contributed by atoms with Gasteiger partial charge in [-0.25, -0.2) is 0 Å². The van der Waals surface area contributed by atoms with Crippen LogP contribution in [-0.2, 0) is 20.7 Å². The van der Waals surface area contributed by atoms with Crippen molar-refractivity contribution in [3.8, 4) is 0 Å². The number of aromatic amines is 1. The van der Waals surface area contributed by atoms with Crippen molar-refractivity contribution in [2.24, 2.45) is 0 Å². The summed E-state index contributed by atoms with van der Waals surface area (Å²) in [5, 5.41) is 1.10. The van der Waals surface area contributed by atoms with Gasteiger partial charge in [0.05, 0.1) is 19.4 Å². The molecule has 1 amide bonds. The molecule has 1 aromatic carbocycles. The molecule has 158 valence electrons. The van der Waals surface area contributed by atoms with Crippen molar-refractivity contribution >= 4 is 22.8 Å². The number of likely N-dealkylation sites (N-methyl/N-ethyl adjacent to an activating group) is 1. The number of para-hydroxylation sites is 1. The molecule has 29 heavy (non-hydrogen) atoms. The lowest BCUT2D eigenvalue weighted by atomic mass is 10.1. The Labute approximate surface area is 173 Å². The van der Waals surface area contributed by atoms with E-state index < -0.39 is 0 Å². The first kappa shape index (κ1) is 21.4. The zero-order valence-electron chi connectivity index (χ0n) is 17.9. The van der Waals surface area contributed by atoms with E-state index in [4.69, 9.17) is 4.74 Å². The summed E-state index contributed by atoms with van der Waals surface area (Å²) in [7, 11) is 0. The van der Waals surface area contributed by atoms with Gasteiger partial charge in [-0.1, -0.05) is 25.1 Å². The zero-order chi connectivity index (χ0) is 20.8. The molecule has 2 heterocycles. The van der Waals surface area contributed by atoms with Crippen LogP contribution in [0.1, 0.15) is 44.4 Å². The maximum Gasteiger partial charge on any atom is 0.307 e. The zero-order valence-corrected chi connectivity index (χ0v) is 17.9. The quantitative estimate of drug-likeness (QED) is 0.657. The second kappa shape index (κ2) is 9.92. The molecular weight excluding hydrogens is 366 g/mol. The highest BCUT2D eigenvalue weighted by molar-refractivity contribution is 5.90. The molecule has 0 spiro atoms. The number of nitrogens with zero attached hydrogens (tertiary/aromatic N) is 2. The Morgan fingerprint density at radius 1 is 1.28 bits per heavy atom. The predicted molar refractivity (Wildman–Crippen MR) is 115 cm³/mol. The highest BCUT2D eigenvalue weighted by Gasteiger charge is 2.28. The number of nitrogens with one attached hydrogen (secondary N) is 1. The van der Waals surface area contributed by atoms with Crippen LogP contribution in [0.3, 0.4) is 0 Å². The predicted octanol–water partition coefficient (Wildman–Crippen LogP) is 3.28. The van der Waals surface area contributed by atoms with Crippen LogP contribution in [0, 0.1) is 6.92 Å². The number of amides is 1. The Morgan fingerprint density at radius 3 is 2.83 bits per heavy atom. The van der Waals surface area contributed by atoms with Gasteiger partial charge in [0.2, 0.25) is 5.91 Å². The number of fused-ring (bicyclic) bond motifs is 1. The summed E-state index contributed by atoms with van der Waals surface area (Å²) in [4.78, 5) is 32.9. The maximum absolute atomic E-state index is 13.3. The second-order valence-electron chi connectivity index (χ2n) is 7.77. The lowest BCUT2D eigenvalue weighted by Crippen LogP contribution is -2.44. The summed E-state index contributed by atoms with van der Waals surface area (Å²) >= 11 is 0. The van der Waals surface area contributed by atoms with E-state index >= 15 is 0 Å². The molecule has 1 saturated heterocycles. The van der Waals surface area contributed by atoms with E-state index in [9.17, 15) is 9.59 Å². The number of ether oxygens (including phenoxy) is 1. The van der Waals surface area contributed by atoms with Crippen molar-refractivity contribution < 1.29 is 14.3 Å². The summed E-state index contributed by atoms with van der Waals surface area (Å²) in [6, 6.07) is 8.46. The lowest BCUT2D eigenvalue weighted by molar-refractivity contribution is -0.144. The van der Waals surface area contributed by atoms with Crippen LogP contribution in [0.2, 0.25) is 0 Å². The number of esters is 1. The fourth-order valence-electron chi connectivity index (χ4n) is 4.38. The fourth-order valence-corrected chi connectivity index (χ4v) is 4.38. The van der Waals surface area contributed by atoms with Crippen LogP contribution >= 0.6 is 0 Å². The van der Waals surface area contributed by atoms with Gasteiger partial charge in [-0.3, -0.25) is 14.5 Å². The molecule has 1 aromatic heterocycles. The molecule has 1 N–H and O–H groups in total. The maximum atomic E-state index is 13.3.